The minimum Gasteiger partial charge on any atom is -0.486 e. The molecule has 0 aliphatic carbocycles. The SMILES string of the molecule is Clc1cc(Cl)c(OCc2cc(Br)cs2)cc1Cl. The largest absolute Gasteiger partial charge is 0.486 e. The average Bonchev–Trinajstić information content (AvgIpc) is 2.68. The van der Waals surface area contributed by atoms with Crippen molar-refractivity contribution in [2.45, 2.75) is 6.61 Å². The highest BCUT2D eigenvalue weighted by atomic mass is 79.9. The third-order valence-electron chi connectivity index (χ3n) is 1.97. The van der Waals surface area contributed by atoms with Gasteiger partial charge in [0.15, 0.2) is 0 Å². The van der Waals surface area contributed by atoms with Crippen LogP contribution in [0, 0.1) is 0 Å². The molecule has 6 heteroatoms. The van der Waals surface area contributed by atoms with Crippen LogP contribution < -0.4 is 4.74 Å². The molecule has 1 aromatic heterocycles. The second kappa shape index (κ2) is 5.81. The molecule has 1 heterocycles. The van der Waals surface area contributed by atoms with Crippen LogP contribution in [0.5, 0.6) is 5.75 Å². The molecule has 1 nitrogen and oxygen atoms in total. The Morgan fingerprint density at radius 1 is 1.06 bits per heavy atom. The Kier molecular flexibility index (Phi) is 4.61. The normalized spacial score (nSPS) is 10.6. The number of halogens is 4. The Bertz CT molecular complexity index is 542. The molecule has 0 spiro atoms. The fourth-order valence-electron chi connectivity index (χ4n) is 1.19. The highest BCUT2D eigenvalue weighted by Crippen LogP contribution is 2.34. The summed E-state index contributed by atoms with van der Waals surface area (Å²) in [5.74, 6) is 0.533. The highest BCUT2D eigenvalue weighted by molar-refractivity contribution is 9.10. The summed E-state index contributed by atoms with van der Waals surface area (Å²) >= 11 is 22.7. The summed E-state index contributed by atoms with van der Waals surface area (Å²) in [6.07, 6.45) is 0. The monoisotopic (exact) mass is 370 g/mol. The number of hydrogen-bond acceptors (Lipinski definition) is 2. The first-order valence-corrected chi connectivity index (χ1v) is 7.37. The maximum atomic E-state index is 6.00. The Morgan fingerprint density at radius 2 is 1.76 bits per heavy atom. The summed E-state index contributed by atoms with van der Waals surface area (Å²) in [6, 6.07) is 5.19. The highest BCUT2D eigenvalue weighted by Gasteiger charge is 2.08. The predicted molar refractivity (Wildman–Crippen MR) is 77.8 cm³/mol. The number of rotatable bonds is 3. The molecule has 90 valence electrons. The number of hydrogen-bond donors (Lipinski definition) is 0. The zero-order chi connectivity index (χ0) is 12.4. The smallest absolute Gasteiger partial charge is 0.140 e. The lowest BCUT2D eigenvalue weighted by atomic mass is 10.3. The van der Waals surface area contributed by atoms with Crippen LogP contribution in [0.25, 0.3) is 0 Å². The molecule has 0 aliphatic heterocycles. The van der Waals surface area contributed by atoms with E-state index in [1.807, 2.05) is 11.4 Å². The van der Waals surface area contributed by atoms with Crippen molar-refractivity contribution in [3.05, 3.63) is 48.0 Å². The Labute approximate surface area is 126 Å². The van der Waals surface area contributed by atoms with Crippen molar-refractivity contribution in [2.75, 3.05) is 0 Å². The molecule has 0 fully saturated rings. The molecule has 17 heavy (non-hydrogen) atoms. The lowest BCUT2D eigenvalue weighted by Crippen LogP contribution is -1.93. The van der Waals surface area contributed by atoms with Crippen LogP contribution in [0.1, 0.15) is 4.88 Å². The van der Waals surface area contributed by atoms with Crippen molar-refractivity contribution >= 4 is 62.1 Å². The van der Waals surface area contributed by atoms with Crippen molar-refractivity contribution in [2.24, 2.45) is 0 Å². The van der Waals surface area contributed by atoms with Gasteiger partial charge in [-0.15, -0.1) is 11.3 Å². The van der Waals surface area contributed by atoms with Crippen LogP contribution in [0.15, 0.2) is 28.1 Å². The van der Waals surface area contributed by atoms with Gasteiger partial charge < -0.3 is 4.74 Å². The van der Waals surface area contributed by atoms with Crippen LogP contribution in [0.3, 0.4) is 0 Å². The first kappa shape index (κ1) is 13.5. The van der Waals surface area contributed by atoms with Crippen LogP contribution in [-0.2, 0) is 6.61 Å². The molecule has 0 N–H and O–H groups in total. The predicted octanol–water partition coefficient (Wildman–Crippen LogP) is 6.05. The van der Waals surface area contributed by atoms with Gasteiger partial charge in [0.05, 0.1) is 15.1 Å². The number of ether oxygens (including phenoxy) is 1. The van der Waals surface area contributed by atoms with Crippen molar-refractivity contribution < 1.29 is 4.74 Å². The van der Waals surface area contributed by atoms with E-state index < -0.39 is 0 Å². The van der Waals surface area contributed by atoms with Gasteiger partial charge in [-0.05, 0) is 28.1 Å². The standard InChI is InChI=1S/C11H6BrCl3OS/c12-6-1-7(17-5-6)4-16-11-3-9(14)8(13)2-10(11)15/h1-3,5H,4H2. The van der Waals surface area contributed by atoms with Crippen molar-refractivity contribution in [1.29, 1.82) is 0 Å². The Balaban J connectivity index is 2.11. The minimum absolute atomic E-state index is 0.419. The van der Waals surface area contributed by atoms with E-state index in [9.17, 15) is 0 Å². The van der Waals surface area contributed by atoms with Gasteiger partial charge in [-0.25, -0.2) is 0 Å². The zero-order valence-electron chi connectivity index (χ0n) is 8.34. The first-order chi connectivity index (χ1) is 8.06. The fraction of sp³-hybridized carbons (Fsp3) is 0.0909. The first-order valence-electron chi connectivity index (χ1n) is 4.56. The summed E-state index contributed by atoms with van der Waals surface area (Å²) in [4.78, 5) is 1.10. The summed E-state index contributed by atoms with van der Waals surface area (Å²) in [5, 5.41) is 3.30. The molecule has 0 atom stereocenters. The molecule has 0 saturated heterocycles. The van der Waals surface area contributed by atoms with Crippen molar-refractivity contribution in [3.8, 4) is 5.75 Å². The molecule has 0 radical (unpaired) electrons. The molecule has 0 aliphatic rings. The molecule has 1 aromatic carbocycles. The third kappa shape index (κ3) is 3.52. The second-order valence-electron chi connectivity index (χ2n) is 3.22. The maximum absolute atomic E-state index is 6.00. The van der Waals surface area contributed by atoms with E-state index in [0.717, 1.165) is 9.35 Å². The van der Waals surface area contributed by atoms with Gasteiger partial charge in [-0.3, -0.25) is 0 Å². The number of thiophene rings is 1. The topological polar surface area (TPSA) is 9.23 Å². The van der Waals surface area contributed by atoms with Gasteiger partial charge in [0, 0.05) is 20.8 Å². The van der Waals surface area contributed by atoms with Crippen LogP contribution >= 0.6 is 62.1 Å². The fourth-order valence-corrected chi connectivity index (χ4v) is 3.15. The number of benzene rings is 1. The summed E-state index contributed by atoms with van der Waals surface area (Å²) in [5.41, 5.74) is 0. The molecule has 0 saturated carbocycles. The van der Waals surface area contributed by atoms with E-state index in [0.29, 0.717) is 27.4 Å². The molecule has 0 bridgehead atoms. The average molecular weight is 372 g/mol. The minimum atomic E-state index is 0.419. The molecule has 0 amide bonds. The van der Waals surface area contributed by atoms with Crippen molar-refractivity contribution in [1.82, 2.24) is 0 Å². The van der Waals surface area contributed by atoms with E-state index in [1.165, 1.54) is 0 Å². The van der Waals surface area contributed by atoms with Gasteiger partial charge in [0.1, 0.15) is 12.4 Å². The van der Waals surface area contributed by atoms with E-state index in [2.05, 4.69) is 15.9 Å². The van der Waals surface area contributed by atoms with Gasteiger partial charge in [-0.2, -0.15) is 0 Å². The summed E-state index contributed by atoms with van der Waals surface area (Å²) < 4.78 is 6.63. The van der Waals surface area contributed by atoms with Gasteiger partial charge >= 0.3 is 0 Å². The molecule has 0 unspecified atom stereocenters. The third-order valence-corrected chi connectivity index (χ3v) is 4.66. The molecule has 2 rings (SSSR count). The van der Waals surface area contributed by atoms with E-state index in [1.54, 1.807) is 23.5 Å². The Hall–Kier alpha value is 0.0700. The van der Waals surface area contributed by atoms with Gasteiger partial charge in [-0.1, -0.05) is 34.8 Å². The van der Waals surface area contributed by atoms with Gasteiger partial charge in [0.25, 0.3) is 0 Å². The zero-order valence-corrected chi connectivity index (χ0v) is 13.0. The summed E-state index contributed by atoms with van der Waals surface area (Å²) in [7, 11) is 0. The summed E-state index contributed by atoms with van der Waals surface area (Å²) in [6.45, 7) is 0.452. The van der Waals surface area contributed by atoms with E-state index in [4.69, 9.17) is 39.5 Å². The maximum Gasteiger partial charge on any atom is 0.140 e. The van der Waals surface area contributed by atoms with Crippen LogP contribution in [0.4, 0.5) is 0 Å². The quantitative estimate of drug-likeness (QED) is 0.596. The second-order valence-corrected chi connectivity index (χ2v) is 6.35. The van der Waals surface area contributed by atoms with Gasteiger partial charge in [0.2, 0.25) is 0 Å². The van der Waals surface area contributed by atoms with E-state index in [-0.39, 0.29) is 0 Å². The van der Waals surface area contributed by atoms with E-state index >= 15 is 0 Å². The molecular formula is C11H6BrCl3OS. The molecule has 2 aromatic rings. The van der Waals surface area contributed by atoms with Crippen LogP contribution in [-0.4, -0.2) is 0 Å². The Morgan fingerprint density at radius 3 is 2.41 bits per heavy atom. The lowest BCUT2D eigenvalue weighted by Gasteiger charge is -2.08. The van der Waals surface area contributed by atoms with Crippen molar-refractivity contribution in [3.63, 3.8) is 0 Å². The molecular weight excluding hydrogens is 366 g/mol. The van der Waals surface area contributed by atoms with Crippen LogP contribution in [0.2, 0.25) is 15.1 Å². The lowest BCUT2D eigenvalue weighted by molar-refractivity contribution is 0.310.